The molecule has 0 atom stereocenters. The Labute approximate surface area is 137 Å². The van der Waals surface area contributed by atoms with Crippen LogP contribution in [0.4, 0.5) is 0 Å². The lowest BCUT2D eigenvalue weighted by Gasteiger charge is -2.11. The molecule has 1 heterocycles. The van der Waals surface area contributed by atoms with E-state index in [-0.39, 0.29) is 4.90 Å². The van der Waals surface area contributed by atoms with Crippen LogP contribution in [0.2, 0.25) is 0 Å². The molecule has 7 heteroatoms. The molecule has 1 aromatic rings. The zero-order valence-corrected chi connectivity index (χ0v) is 13.9. The second-order valence-electron chi connectivity index (χ2n) is 5.93. The highest BCUT2D eigenvalue weighted by Gasteiger charge is 2.21. The molecule has 128 valence electrons. The monoisotopic (exact) mass is 341 g/mol. The van der Waals surface area contributed by atoms with E-state index >= 15 is 0 Å². The van der Waals surface area contributed by atoms with E-state index in [1.54, 1.807) is 12.1 Å². The van der Waals surface area contributed by atoms with Crippen LogP contribution in [0.3, 0.4) is 0 Å². The van der Waals surface area contributed by atoms with Crippen molar-refractivity contribution in [2.75, 3.05) is 33.0 Å². The van der Waals surface area contributed by atoms with Gasteiger partial charge < -0.3 is 14.2 Å². The third-order valence-electron chi connectivity index (χ3n) is 3.84. The van der Waals surface area contributed by atoms with Crippen LogP contribution in [0.1, 0.15) is 25.7 Å². The predicted octanol–water partition coefficient (Wildman–Crippen LogP) is 1.94. The fourth-order valence-corrected chi connectivity index (χ4v) is 3.40. The summed E-state index contributed by atoms with van der Waals surface area (Å²) in [5, 5.41) is 0. The lowest BCUT2D eigenvalue weighted by Crippen LogP contribution is -2.25. The first-order chi connectivity index (χ1) is 11.1. The molecule has 0 radical (unpaired) electrons. The van der Waals surface area contributed by atoms with Crippen LogP contribution >= 0.6 is 0 Å². The minimum Gasteiger partial charge on any atom is -0.490 e. The van der Waals surface area contributed by atoms with Crippen LogP contribution in [0.25, 0.3) is 0 Å². The molecular weight excluding hydrogens is 318 g/mol. The summed E-state index contributed by atoms with van der Waals surface area (Å²) in [6.45, 7) is 2.86. The Morgan fingerprint density at radius 2 is 1.96 bits per heavy atom. The summed E-state index contributed by atoms with van der Waals surface area (Å²) < 4.78 is 43.7. The molecule has 0 bridgehead atoms. The third kappa shape index (κ3) is 4.83. The number of hydrogen-bond acceptors (Lipinski definition) is 5. The molecule has 0 saturated heterocycles. The molecule has 1 fully saturated rings. The number of ether oxygens (including phenoxy) is 3. The molecule has 23 heavy (non-hydrogen) atoms. The van der Waals surface area contributed by atoms with Gasteiger partial charge in [-0.15, -0.1) is 0 Å². The van der Waals surface area contributed by atoms with Gasteiger partial charge in [-0.3, -0.25) is 0 Å². The van der Waals surface area contributed by atoms with Gasteiger partial charge in [-0.1, -0.05) is 0 Å². The molecule has 2 aliphatic rings. The van der Waals surface area contributed by atoms with Crippen LogP contribution < -0.4 is 14.2 Å². The molecule has 1 aliphatic carbocycles. The van der Waals surface area contributed by atoms with E-state index in [1.807, 2.05) is 0 Å². The van der Waals surface area contributed by atoms with Crippen LogP contribution in [0, 0.1) is 5.92 Å². The van der Waals surface area contributed by atoms with Crippen molar-refractivity contribution in [3.8, 4) is 11.5 Å². The molecule has 0 spiro atoms. The molecule has 1 N–H and O–H groups in total. The van der Waals surface area contributed by atoms with Crippen LogP contribution in [-0.4, -0.2) is 41.4 Å². The molecular formula is C16H23NO5S. The van der Waals surface area contributed by atoms with Crippen LogP contribution in [0.15, 0.2) is 23.1 Å². The second-order valence-corrected chi connectivity index (χ2v) is 7.70. The van der Waals surface area contributed by atoms with Crippen molar-refractivity contribution in [3.05, 3.63) is 18.2 Å². The Morgan fingerprint density at radius 3 is 2.74 bits per heavy atom. The highest BCUT2D eigenvalue weighted by Crippen LogP contribution is 2.31. The number of sulfonamides is 1. The Morgan fingerprint density at radius 1 is 1.17 bits per heavy atom. The summed E-state index contributed by atoms with van der Waals surface area (Å²) in [5.41, 5.74) is 0. The Bertz CT molecular complexity index is 627. The minimum absolute atomic E-state index is 0.195. The summed E-state index contributed by atoms with van der Waals surface area (Å²) in [4.78, 5) is 0.195. The van der Waals surface area contributed by atoms with Crippen molar-refractivity contribution in [2.45, 2.75) is 30.6 Å². The van der Waals surface area contributed by atoms with Crippen molar-refractivity contribution in [1.82, 2.24) is 4.72 Å². The van der Waals surface area contributed by atoms with Crippen molar-refractivity contribution in [1.29, 1.82) is 0 Å². The number of nitrogens with one attached hydrogen (secondary N) is 1. The summed E-state index contributed by atoms with van der Waals surface area (Å²) >= 11 is 0. The zero-order valence-electron chi connectivity index (χ0n) is 13.1. The molecule has 0 unspecified atom stereocenters. The van der Waals surface area contributed by atoms with Gasteiger partial charge in [-0.05, 0) is 37.3 Å². The Hall–Kier alpha value is -1.31. The maximum atomic E-state index is 12.3. The first-order valence-electron chi connectivity index (χ1n) is 8.12. The second kappa shape index (κ2) is 7.51. The van der Waals surface area contributed by atoms with Crippen LogP contribution in [-0.2, 0) is 14.8 Å². The molecule has 0 aromatic heterocycles. The summed E-state index contributed by atoms with van der Waals surface area (Å²) in [6, 6.07) is 4.71. The van der Waals surface area contributed by atoms with Gasteiger partial charge >= 0.3 is 0 Å². The van der Waals surface area contributed by atoms with Crippen molar-refractivity contribution >= 4 is 10.0 Å². The standard InChI is InChI=1S/C16H23NO5S/c18-23(19,17-7-1-8-20-12-13-3-4-13)14-5-6-15-16(11-14)22-10-2-9-21-15/h5-6,11,13,17H,1-4,7-10,12H2. The zero-order chi connectivity index (χ0) is 16.1. The van der Waals surface area contributed by atoms with Crippen molar-refractivity contribution in [2.24, 2.45) is 5.92 Å². The number of rotatable bonds is 8. The van der Waals surface area contributed by atoms with E-state index in [1.165, 1.54) is 18.9 Å². The SMILES string of the molecule is O=S(=O)(NCCCOCC1CC1)c1ccc2c(c1)OCCCO2. The predicted molar refractivity (Wildman–Crippen MR) is 85.4 cm³/mol. The lowest BCUT2D eigenvalue weighted by molar-refractivity contribution is 0.123. The fourth-order valence-electron chi connectivity index (χ4n) is 2.31. The van der Waals surface area contributed by atoms with E-state index in [0.717, 1.165) is 18.9 Å². The summed E-state index contributed by atoms with van der Waals surface area (Å²) in [6.07, 6.45) is 3.97. The van der Waals surface area contributed by atoms with Crippen LogP contribution in [0.5, 0.6) is 11.5 Å². The van der Waals surface area contributed by atoms with Gasteiger partial charge in [0.2, 0.25) is 10.0 Å². The van der Waals surface area contributed by atoms with Gasteiger partial charge in [0.05, 0.1) is 18.1 Å². The maximum Gasteiger partial charge on any atom is 0.240 e. The van der Waals surface area contributed by atoms with Crippen molar-refractivity contribution in [3.63, 3.8) is 0 Å². The smallest absolute Gasteiger partial charge is 0.240 e. The first kappa shape index (κ1) is 16.5. The van der Waals surface area contributed by atoms with Gasteiger partial charge in [-0.25, -0.2) is 13.1 Å². The number of fused-ring (bicyclic) bond motifs is 1. The normalized spacial score (nSPS) is 17.7. The average molecular weight is 341 g/mol. The Kier molecular flexibility index (Phi) is 5.40. The quantitative estimate of drug-likeness (QED) is 0.732. The molecule has 3 rings (SSSR count). The van der Waals surface area contributed by atoms with Gasteiger partial charge in [0.15, 0.2) is 11.5 Å². The maximum absolute atomic E-state index is 12.3. The van der Waals surface area contributed by atoms with Gasteiger partial charge in [-0.2, -0.15) is 0 Å². The highest BCUT2D eigenvalue weighted by molar-refractivity contribution is 7.89. The summed E-state index contributed by atoms with van der Waals surface area (Å²) in [5.74, 6) is 1.81. The van der Waals surface area contributed by atoms with E-state index in [9.17, 15) is 8.42 Å². The topological polar surface area (TPSA) is 73.9 Å². The number of benzene rings is 1. The van der Waals surface area contributed by atoms with Crippen molar-refractivity contribution < 1.29 is 22.6 Å². The highest BCUT2D eigenvalue weighted by atomic mass is 32.2. The molecule has 1 aliphatic heterocycles. The average Bonchev–Trinajstić information content (AvgIpc) is 3.36. The van der Waals surface area contributed by atoms with E-state index in [2.05, 4.69) is 4.72 Å². The molecule has 1 saturated carbocycles. The summed E-state index contributed by atoms with van der Waals surface area (Å²) in [7, 11) is -3.54. The van der Waals surface area contributed by atoms with Gasteiger partial charge in [0.1, 0.15) is 0 Å². The van der Waals surface area contributed by atoms with Gasteiger partial charge in [0.25, 0.3) is 0 Å². The third-order valence-corrected chi connectivity index (χ3v) is 5.30. The van der Waals surface area contributed by atoms with E-state index in [0.29, 0.717) is 44.3 Å². The van der Waals surface area contributed by atoms with E-state index < -0.39 is 10.0 Å². The first-order valence-corrected chi connectivity index (χ1v) is 9.60. The van der Waals surface area contributed by atoms with E-state index in [4.69, 9.17) is 14.2 Å². The fraction of sp³-hybridized carbons (Fsp3) is 0.625. The van der Waals surface area contributed by atoms with Gasteiger partial charge in [0, 0.05) is 32.2 Å². The minimum atomic E-state index is -3.54. The Balaban J connectivity index is 1.50. The molecule has 6 nitrogen and oxygen atoms in total. The number of hydrogen-bond donors (Lipinski definition) is 1. The largest absolute Gasteiger partial charge is 0.490 e. The lowest BCUT2D eigenvalue weighted by atomic mass is 10.3. The molecule has 1 aromatic carbocycles. The molecule has 0 amide bonds.